The summed E-state index contributed by atoms with van der Waals surface area (Å²) in [4.78, 5) is 0. The Bertz CT molecular complexity index is 341. The molecule has 1 N–H and O–H groups in total. The smallest absolute Gasteiger partial charge is 0.213 e. The molecule has 0 fully saturated rings. The second-order valence-corrected chi connectivity index (χ2v) is 4.91. The minimum absolute atomic E-state index is 0.262. The van der Waals surface area contributed by atoms with Crippen LogP contribution in [0.3, 0.4) is 0 Å². The molecule has 0 atom stereocenters. The number of nitrogens with one attached hydrogen (secondary N) is 1. The van der Waals surface area contributed by atoms with Crippen molar-refractivity contribution < 1.29 is 8.42 Å². The first-order chi connectivity index (χ1) is 5.06. The first-order valence-electron chi connectivity index (χ1n) is 2.93. The zero-order valence-electron chi connectivity index (χ0n) is 6.16. The van der Waals surface area contributed by atoms with Crippen LogP contribution in [0.25, 0.3) is 0 Å². The minimum Gasteiger partial charge on any atom is -0.213 e. The van der Waals surface area contributed by atoms with Crippen LogP contribution in [-0.2, 0) is 10.0 Å². The topological polar surface area (TPSA) is 59.1 Å². The Morgan fingerprint density at radius 1 is 1.64 bits per heavy atom. The highest BCUT2D eigenvalue weighted by atomic mass is 32.2. The van der Waals surface area contributed by atoms with E-state index in [1.807, 2.05) is 0 Å². The van der Waals surface area contributed by atoms with E-state index in [1.165, 1.54) is 13.1 Å². The van der Waals surface area contributed by atoms with Crippen molar-refractivity contribution in [3.8, 4) is 0 Å². The first kappa shape index (κ1) is 8.63. The molecule has 0 unspecified atom stereocenters. The predicted molar refractivity (Wildman–Crippen MR) is 43.1 cm³/mol. The van der Waals surface area contributed by atoms with Crippen LogP contribution in [0.1, 0.15) is 5.69 Å². The third-order valence-electron chi connectivity index (χ3n) is 1.14. The second kappa shape index (κ2) is 2.88. The molecule has 0 aromatic carbocycles. The van der Waals surface area contributed by atoms with Crippen molar-refractivity contribution in [3.05, 3.63) is 11.8 Å². The molecule has 0 bridgehead atoms. The summed E-state index contributed by atoms with van der Waals surface area (Å²) in [6, 6.07) is 1.54. The molecule has 0 saturated heterocycles. The number of hydrogen-bond donors (Lipinski definition) is 1. The van der Waals surface area contributed by atoms with Gasteiger partial charge < -0.3 is 0 Å². The van der Waals surface area contributed by atoms with E-state index >= 15 is 0 Å². The van der Waals surface area contributed by atoms with Gasteiger partial charge in [-0.25, -0.2) is 13.1 Å². The number of sulfonamides is 1. The van der Waals surface area contributed by atoms with Crippen LogP contribution < -0.4 is 4.72 Å². The molecule has 0 spiro atoms. The van der Waals surface area contributed by atoms with E-state index in [9.17, 15) is 8.42 Å². The summed E-state index contributed by atoms with van der Waals surface area (Å²) < 4.78 is 28.5. The molecule has 62 valence electrons. The van der Waals surface area contributed by atoms with Gasteiger partial charge in [-0.05, 0) is 31.6 Å². The molecule has 1 rings (SSSR count). The summed E-state index contributed by atoms with van der Waals surface area (Å²) >= 11 is 0.981. The monoisotopic (exact) mass is 192 g/mol. The van der Waals surface area contributed by atoms with E-state index in [4.69, 9.17) is 0 Å². The van der Waals surface area contributed by atoms with E-state index in [0.29, 0.717) is 0 Å². The summed E-state index contributed by atoms with van der Waals surface area (Å²) in [5.41, 5.74) is 0.726. The van der Waals surface area contributed by atoms with Gasteiger partial charge in [0.2, 0.25) is 0 Å². The van der Waals surface area contributed by atoms with Gasteiger partial charge in [-0.1, -0.05) is 0 Å². The fourth-order valence-corrected chi connectivity index (χ4v) is 2.36. The van der Waals surface area contributed by atoms with Crippen molar-refractivity contribution in [2.24, 2.45) is 0 Å². The summed E-state index contributed by atoms with van der Waals surface area (Å²) in [6.45, 7) is 1.76. The SMILES string of the molecule is CNS(=O)(=O)c1cc(C)ns1. The average molecular weight is 192 g/mol. The summed E-state index contributed by atoms with van der Waals surface area (Å²) in [6.07, 6.45) is 0. The molecular weight excluding hydrogens is 184 g/mol. The normalized spacial score (nSPS) is 11.8. The molecule has 0 aliphatic carbocycles. The Morgan fingerprint density at radius 3 is 2.64 bits per heavy atom. The molecule has 1 heterocycles. The van der Waals surface area contributed by atoms with Gasteiger partial charge in [-0.3, -0.25) is 0 Å². The number of nitrogens with zero attached hydrogens (tertiary/aromatic N) is 1. The summed E-state index contributed by atoms with van der Waals surface area (Å²) in [7, 11) is -1.89. The van der Waals surface area contributed by atoms with Gasteiger partial charge in [0, 0.05) is 0 Å². The van der Waals surface area contributed by atoms with Crippen molar-refractivity contribution in [2.45, 2.75) is 11.1 Å². The fraction of sp³-hybridized carbons (Fsp3) is 0.400. The third-order valence-corrected chi connectivity index (χ3v) is 3.88. The van der Waals surface area contributed by atoms with E-state index in [1.54, 1.807) is 6.92 Å². The van der Waals surface area contributed by atoms with Gasteiger partial charge >= 0.3 is 0 Å². The highest BCUT2D eigenvalue weighted by Crippen LogP contribution is 2.14. The van der Waals surface area contributed by atoms with Crippen LogP contribution >= 0.6 is 11.5 Å². The Hall–Kier alpha value is -0.460. The van der Waals surface area contributed by atoms with Gasteiger partial charge in [0.05, 0.1) is 5.69 Å². The zero-order chi connectivity index (χ0) is 8.48. The lowest BCUT2D eigenvalue weighted by atomic mass is 10.5. The van der Waals surface area contributed by atoms with Crippen molar-refractivity contribution in [2.75, 3.05) is 7.05 Å². The lowest BCUT2D eigenvalue weighted by Gasteiger charge is -1.94. The van der Waals surface area contributed by atoms with Gasteiger partial charge in [0.15, 0.2) is 4.21 Å². The van der Waals surface area contributed by atoms with Crippen molar-refractivity contribution in [1.82, 2.24) is 9.10 Å². The maximum atomic E-state index is 11.1. The maximum Gasteiger partial charge on any atom is 0.251 e. The molecule has 1 aromatic heterocycles. The van der Waals surface area contributed by atoms with Crippen LogP contribution in [-0.4, -0.2) is 19.8 Å². The number of hydrogen-bond acceptors (Lipinski definition) is 4. The van der Waals surface area contributed by atoms with Gasteiger partial charge in [0.1, 0.15) is 0 Å². The molecule has 0 amide bonds. The molecule has 1 aromatic rings. The molecule has 0 aliphatic heterocycles. The average Bonchev–Trinajstić information content (AvgIpc) is 2.36. The second-order valence-electron chi connectivity index (χ2n) is 1.99. The van der Waals surface area contributed by atoms with Crippen molar-refractivity contribution in [3.63, 3.8) is 0 Å². The Labute approximate surface area is 69.5 Å². The Balaban J connectivity index is 3.13. The van der Waals surface area contributed by atoms with Crippen LogP contribution in [0.2, 0.25) is 0 Å². The van der Waals surface area contributed by atoms with E-state index < -0.39 is 10.0 Å². The molecule has 0 radical (unpaired) electrons. The Morgan fingerprint density at radius 2 is 2.27 bits per heavy atom. The highest BCUT2D eigenvalue weighted by Gasteiger charge is 2.13. The minimum atomic E-state index is -3.27. The number of aryl methyl sites for hydroxylation is 1. The number of aromatic nitrogens is 1. The quantitative estimate of drug-likeness (QED) is 0.736. The molecular formula is C5H8N2O2S2. The lowest BCUT2D eigenvalue weighted by Crippen LogP contribution is -2.17. The highest BCUT2D eigenvalue weighted by molar-refractivity contribution is 7.91. The van der Waals surface area contributed by atoms with Crippen LogP contribution in [0.15, 0.2) is 10.3 Å². The van der Waals surface area contributed by atoms with Crippen LogP contribution in [0.5, 0.6) is 0 Å². The molecule has 0 saturated carbocycles. The third kappa shape index (κ3) is 1.76. The summed E-state index contributed by atoms with van der Waals surface area (Å²) in [5, 5.41) is 0. The van der Waals surface area contributed by atoms with Crippen molar-refractivity contribution in [1.29, 1.82) is 0 Å². The first-order valence-corrected chi connectivity index (χ1v) is 5.19. The Kier molecular flexibility index (Phi) is 2.26. The molecule has 0 aliphatic rings. The lowest BCUT2D eigenvalue weighted by molar-refractivity contribution is 0.590. The number of rotatable bonds is 2. The molecule has 4 nitrogen and oxygen atoms in total. The largest absolute Gasteiger partial charge is 0.251 e. The summed E-state index contributed by atoms with van der Waals surface area (Å²) in [5.74, 6) is 0. The zero-order valence-corrected chi connectivity index (χ0v) is 7.79. The molecule has 6 heteroatoms. The van der Waals surface area contributed by atoms with Crippen molar-refractivity contribution >= 4 is 21.6 Å². The maximum absolute atomic E-state index is 11.1. The van der Waals surface area contributed by atoms with E-state index in [0.717, 1.165) is 17.2 Å². The van der Waals surface area contributed by atoms with Gasteiger partial charge in [-0.2, -0.15) is 4.37 Å². The van der Waals surface area contributed by atoms with E-state index in [2.05, 4.69) is 9.10 Å². The van der Waals surface area contributed by atoms with Crippen LogP contribution in [0, 0.1) is 6.92 Å². The van der Waals surface area contributed by atoms with Gasteiger partial charge in [0.25, 0.3) is 10.0 Å². The van der Waals surface area contributed by atoms with Gasteiger partial charge in [-0.15, -0.1) is 0 Å². The van der Waals surface area contributed by atoms with E-state index in [-0.39, 0.29) is 4.21 Å². The predicted octanol–water partition coefficient (Wildman–Crippen LogP) is 0.360. The molecule has 11 heavy (non-hydrogen) atoms. The standard InChI is InChI=1S/C5H8N2O2S2/c1-4-3-5(10-7-4)11(8,9)6-2/h3,6H,1-2H3. The fourth-order valence-electron chi connectivity index (χ4n) is 0.567. The van der Waals surface area contributed by atoms with Crippen LogP contribution in [0.4, 0.5) is 0 Å².